The van der Waals surface area contributed by atoms with Crippen LogP contribution >= 0.6 is 0 Å². The van der Waals surface area contributed by atoms with E-state index in [1.165, 1.54) is 0 Å². The van der Waals surface area contributed by atoms with Gasteiger partial charge < -0.3 is 14.7 Å². The van der Waals surface area contributed by atoms with E-state index >= 15 is 0 Å². The SMILES string of the molecule is CO[C@]12CC[C@@H](O)C[C@H]1N(C(=O)C1(c3ccccc3)CCCC1)CC2. The first-order chi connectivity index (χ1) is 12.1. The maximum Gasteiger partial charge on any atom is 0.233 e. The maximum absolute atomic E-state index is 13.8. The fourth-order valence-electron chi connectivity index (χ4n) is 5.56. The van der Waals surface area contributed by atoms with Crippen LogP contribution in [0.4, 0.5) is 0 Å². The molecule has 0 bridgehead atoms. The van der Waals surface area contributed by atoms with Gasteiger partial charge in [0.1, 0.15) is 0 Å². The molecule has 1 amide bonds. The first-order valence-corrected chi connectivity index (χ1v) is 9.71. The van der Waals surface area contributed by atoms with Crippen molar-refractivity contribution >= 4 is 5.91 Å². The monoisotopic (exact) mass is 343 g/mol. The molecule has 3 atom stereocenters. The fraction of sp³-hybridized carbons (Fsp3) is 0.667. The van der Waals surface area contributed by atoms with E-state index in [-0.39, 0.29) is 29.1 Å². The van der Waals surface area contributed by atoms with Crippen LogP contribution in [-0.4, -0.2) is 47.3 Å². The predicted molar refractivity (Wildman–Crippen MR) is 96.3 cm³/mol. The largest absolute Gasteiger partial charge is 0.393 e. The molecular formula is C21H29NO3. The first-order valence-electron chi connectivity index (χ1n) is 9.71. The number of methoxy groups -OCH3 is 1. The molecule has 25 heavy (non-hydrogen) atoms. The minimum atomic E-state index is -0.381. The zero-order chi connectivity index (χ0) is 17.5. The fourth-order valence-corrected chi connectivity index (χ4v) is 5.56. The number of ether oxygens (including phenoxy) is 1. The molecule has 1 heterocycles. The lowest BCUT2D eigenvalue weighted by molar-refractivity contribution is -0.145. The molecule has 2 saturated carbocycles. The number of amides is 1. The molecule has 136 valence electrons. The molecule has 0 aromatic heterocycles. The Kier molecular flexibility index (Phi) is 4.37. The lowest BCUT2D eigenvalue weighted by Gasteiger charge is -2.44. The lowest BCUT2D eigenvalue weighted by atomic mass is 9.75. The Balaban J connectivity index is 1.67. The lowest BCUT2D eigenvalue weighted by Crippen LogP contribution is -2.56. The molecule has 1 saturated heterocycles. The van der Waals surface area contributed by atoms with E-state index in [0.717, 1.165) is 57.1 Å². The van der Waals surface area contributed by atoms with Gasteiger partial charge in [0.2, 0.25) is 5.91 Å². The van der Waals surface area contributed by atoms with Gasteiger partial charge in [-0.05, 0) is 44.1 Å². The van der Waals surface area contributed by atoms with Crippen molar-refractivity contribution in [2.24, 2.45) is 0 Å². The highest BCUT2D eigenvalue weighted by molar-refractivity contribution is 5.89. The Hall–Kier alpha value is -1.39. The van der Waals surface area contributed by atoms with E-state index in [1.54, 1.807) is 7.11 Å². The molecule has 0 spiro atoms. The highest BCUT2D eigenvalue weighted by atomic mass is 16.5. The van der Waals surface area contributed by atoms with E-state index in [0.29, 0.717) is 6.42 Å². The summed E-state index contributed by atoms with van der Waals surface area (Å²) in [6, 6.07) is 10.3. The van der Waals surface area contributed by atoms with Crippen LogP contribution in [0, 0.1) is 0 Å². The summed E-state index contributed by atoms with van der Waals surface area (Å²) in [6.07, 6.45) is 6.91. The molecule has 1 N–H and O–H groups in total. The summed E-state index contributed by atoms with van der Waals surface area (Å²) in [7, 11) is 1.77. The number of aliphatic hydroxyl groups excluding tert-OH is 1. The van der Waals surface area contributed by atoms with Crippen LogP contribution < -0.4 is 0 Å². The van der Waals surface area contributed by atoms with E-state index in [2.05, 4.69) is 17.0 Å². The van der Waals surface area contributed by atoms with Gasteiger partial charge >= 0.3 is 0 Å². The van der Waals surface area contributed by atoms with Crippen LogP contribution in [0.15, 0.2) is 30.3 Å². The molecule has 2 aliphatic carbocycles. The summed E-state index contributed by atoms with van der Waals surface area (Å²) in [5.41, 5.74) is 0.516. The molecule has 0 radical (unpaired) electrons. The molecule has 4 nitrogen and oxygen atoms in total. The van der Waals surface area contributed by atoms with Crippen LogP contribution in [0.2, 0.25) is 0 Å². The Morgan fingerprint density at radius 1 is 1.16 bits per heavy atom. The Morgan fingerprint density at radius 2 is 1.88 bits per heavy atom. The minimum Gasteiger partial charge on any atom is -0.393 e. The molecule has 4 rings (SSSR count). The summed E-state index contributed by atoms with van der Waals surface area (Å²) in [6.45, 7) is 0.749. The van der Waals surface area contributed by atoms with Gasteiger partial charge in [-0.3, -0.25) is 4.79 Å². The van der Waals surface area contributed by atoms with Crippen molar-refractivity contribution in [2.75, 3.05) is 13.7 Å². The van der Waals surface area contributed by atoms with Gasteiger partial charge in [0.15, 0.2) is 0 Å². The zero-order valence-electron chi connectivity index (χ0n) is 15.1. The summed E-state index contributed by atoms with van der Waals surface area (Å²) in [4.78, 5) is 15.8. The minimum absolute atomic E-state index is 0.00920. The third-order valence-electron chi connectivity index (χ3n) is 7.02. The average Bonchev–Trinajstić information content (AvgIpc) is 3.28. The summed E-state index contributed by atoms with van der Waals surface area (Å²) < 4.78 is 5.93. The first kappa shape index (κ1) is 17.0. The third kappa shape index (κ3) is 2.61. The molecular weight excluding hydrogens is 314 g/mol. The molecule has 4 heteroatoms. The highest BCUT2D eigenvalue weighted by Gasteiger charge is 2.56. The number of aliphatic hydroxyl groups is 1. The molecule has 3 fully saturated rings. The van der Waals surface area contributed by atoms with Crippen molar-refractivity contribution in [3.63, 3.8) is 0 Å². The van der Waals surface area contributed by atoms with Gasteiger partial charge in [0.05, 0.1) is 23.2 Å². The Bertz CT molecular complexity index is 625. The predicted octanol–water partition coefficient (Wildman–Crippen LogP) is 3.03. The van der Waals surface area contributed by atoms with Crippen molar-refractivity contribution in [2.45, 2.75) is 74.5 Å². The van der Waals surface area contributed by atoms with Crippen molar-refractivity contribution in [3.8, 4) is 0 Å². The number of carbonyl (C=O) groups is 1. The quantitative estimate of drug-likeness (QED) is 0.918. The zero-order valence-corrected chi connectivity index (χ0v) is 15.1. The number of hydrogen-bond acceptors (Lipinski definition) is 3. The highest BCUT2D eigenvalue weighted by Crippen LogP contribution is 2.48. The summed E-state index contributed by atoms with van der Waals surface area (Å²) in [5.74, 6) is 0.259. The van der Waals surface area contributed by atoms with Gasteiger partial charge in [0, 0.05) is 13.7 Å². The summed E-state index contributed by atoms with van der Waals surface area (Å²) in [5, 5.41) is 10.2. The second-order valence-electron chi connectivity index (χ2n) is 8.12. The van der Waals surface area contributed by atoms with Gasteiger partial charge in [-0.2, -0.15) is 0 Å². The van der Waals surface area contributed by atoms with Crippen molar-refractivity contribution < 1.29 is 14.6 Å². The van der Waals surface area contributed by atoms with Gasteiger partial charge in [-0.1, -0.05) is 43.2 Å². The van der Waals surface area contributed by atoms with Crippen molar-refractivity contribution in [1.29, 1.82) is 0 Å². The van der Waals surface area contributed by atoms with E-state index in [1.807, 2.05) is 18.2 Å². The Morgan fingerprint density at radius 3 is 2.56 bits per heavy atom. The van der Waals surface area contributed by atoms with Crippen LogP contribution in [-0.2, 0) is 14.9 Å². The van der Waals surface area contributed by atoms with E-state index < -0.39 is 0 Å². The third-order valence-corrected chi connectivity index (χ3v) is 7.02. The van der Waals surface area contributed by atoms with E-state index in [4.69, 9.17) is 4.74 Å². The topological polar surface area (TPSA) is 49.8 Å². The maximum atomic E-state index is 13.8. The number of carbonyl (C=O) groups excluding carboxylic acids is 1. The Labute approximate surface area is 150 Å². The van der Waals surface area contributed by atoms with Crippen molar-refractivity contribution in [3.05, 3.63) is 35.9 Å². The van der Waals surface area contributed by atoms with Gasteiger partial charge in [0.25, 0.3) is 0 Å². The molecule has 1 aliphatic heterocycles. The molecule has 1 aromatic carbocycles. The van der Waals surface area contributed by atoms with Gasteiger partial charge in [-0.15, -0.1) is 0 Å². The second-order valence-corrected chi connectivity index (χ2v) is 8.12. The van der Waals surface area contributed by atoms with Crippen LogP contribution in [0.3, 0.4) is 0 Å². The normalized spacial score (nSPS) is 34.1. The number of fused-ring (bicyclic) bond motifs is 1. The standard InChI is InChI=1S/C21H29NO3/c1-25-21-12-9-17(23)15-18(21)22(14-13-21)19(24)20(10-5-6-11-20)16-7-3-2-4-8-16/h2-4,7-8,17-18,23H,5-6,9-15H2,1H3/t17-,18-,21+/m1/s1. The average molecular weight is 343 g/mol. The van der Waals surface area contributed by atoms with Crippen LogP contribution in [0.1, 0.15) is 56.9 Å². The number of rotatable bonds is 3. The number of nitrogens with zero attached hydrogens (tertiary/aromatic N) is 1. The number of likely N-dealkylation sites (tertiary alicyclic amines) is 1. The van der Waals surface area contributed by atoms with Crippen LogP contribution in [0.25, 0.3) is 0 Å². The van der Waals surface area contributed by atoms with Gasteiger partial charge in [-0.25, -0.2) is 0 Å². The number of benzene rings is 1. The van der Waals surface area contributed by atoms with Crippen LogP contribution in [0.5, 0.6) is 0 Å². The van der Waals surface area contributed by atoms with Crippen molar-refractivity contribution in [1.82, 2.24) is 4.90 Å². The summed E-state index contributed by atoms with van der Waals surface area (Å²) >= 11 is 0. The van der Waals surface area contributed by atoms with E-state index in [9.17, 15) is 9.90 Å². The molecule has 3 aliphatic rings. The smallest absolute Gasteiger partial charge is 0.233 e. The number of hydrogen-bond donors (Lipinski definition) is 1. The second kappa shape index (κ2) is 6.40. The molecule has 1 aromatic rings. The molecule has 0 unspecified atom stereocenters.